The van der Waals surface area contributed by atoms with E-state index >= 15 is 0 Å². The van der Waals surface area contributed by atoms with Crippen molar-refractivity contribution >= 4 is 0 Å². The van der Waals surface area contributed by atoms with Crippen LogP contribution in [-0.2, 0) is 9.47 Å². The van der Waals surface area contributed by atoms with Gasteiger partial charge in [0.15, 0.2) is 0 Å². The van der Waals surface area contributed by atoms with Gasteiger partial charge in [0.2, 0.25) is 0 Å². The van der Waals surface area contributed by atoms with Crippen LogP contribution in [0.4, 0.5) is 0 Å². The van der Waals surface area contributed by atoms with E-state index in [1.54, 1.807) is 0 Å². The van der Waals surface area contributed by atoms with Crippen molar-refractivity contribution < 1.29 is 14.6 Å². The summed E-state index contributed by atoms with van der Waals surface area (Å²) in [5, 5.41) is 13.5. The van der Waals surface area contributed by atoms with Gasteiger partial charge in [-0.1, -0.05) is 20.8 Å². The van der Waals surface area contributed by atoms with Gasteiger partial charge in [-0.25, -0.2) is 0 Å². The Morgan fingerprint density at radius 2 is 1.81 bits per heavy atom. The number of ether oxygens (including phenoxy) is 2. The number of aliphatic hydroxyl groups is 1. The van der Waals surface area contributed by atoms with Crippen LogP contribution >= 0.6 is 0 Å². The summed E-state index contributed by atoms with van der Waals surface area (Å²) in [7, 11) is 0. The minimum atomic E-state index is -0.438. The molecule has 0 bridgehead atoms. The van der Waals surface area contributed by atoms with Crippen LogP contribution in [0.2, 0.25) is 0 Å². The molecule has 4 heteroatoms. The van der Waals surface area contributed by atoms with Crippen molar-refractivity contribution in [1.29, 1.82) is 0 Å². The second-order valence-electron chi connectivity index (χ2n) is 6.79. The molecule has 2 N–H and O–H groups in total. The average Bonchev–Trinajstić information content (AvgIpc) is 2.46. The fraction of sp³-hybridized carbons (Fsp3) is 1.00. The monoisotopic (exact) mass is 301 g/mol. The first-order valence-corrected chi connectivity index (χ1v) is 8.63. The van der Waals surface area contributed by atoms with Crippen molar-refractivity contribution in [2.24, 2.45) is 11.8 Å². The standard InChI is InChI=1S/C17H35NO3/c1-5-20-12-17(13(2)3)18-10-15(19)11-21-16-8-6-14(4)7-9-16/h13-19H,5-12H2,1-4H3. The van der Waals surface area contributed by atoms with Gasteiger partial charge in [-0.2, -0.15) is 0 Å². The Morgan fingerprint density at radius 1 is 1.14 bits per heavy atom. The zero-order valence-corrected chi connectivity index (χ0v) is 14.3. The van der Waals surface area contributed by atoms with Crippen molar-refractivity contribution in [1.82, 2.24) is 5.32 Å². The van der Waals surface area contributed by atoms with Gasteiger partial charge < -0.3 is 19.9 Å². The molecule has 2 atom stereocenters. The average molecular weight is 301 g/mol. The molecule has 1 fully saturated rings. The van der Waals surface area contributed by atoms with Gasteiger partial charge in [-0.05, 0) is 44.4 Å². The van der Waals surface area contributed by atoms with Crippen LogP contribution in [0, 0.1) is 11.8 Å². The van der Waals surface area contributed by atoms with Gasteiger partial charge in [0.1, 0.15) is 0 Å². The van der Waals surface area contributed by atoms with Crippen LogP contribution in [-0.4, -0.2) is 49.7 Å². The quantitative estimate of drug-likeness (QED) is 0.651. The van der Waals surface area contributed by atoms with Gasteiger partial charge in [-0.15, -0.1) is 0 Å². The molecule has 0 aromatic carbocycles. The molecule has 0 heterocycles. The Morgan fingerprint density at radius 3 is 2.38 bits per heavy atom. The number of nitrogens with one attached hydrogen (secondary N) is 1. The summed E-state index contributed by atoms with van der Waals surface area (Å²) >= 11 is 0. The summed E-state index contributed by atoms with van der Waals surface area (Å²) < 4.78 is 11.3. The lowest BCUT2D eigenvalue weighted by Gasteiger charge is -2.28. The summed E-state index contributed by atoms with van der Waals surface area (Å²) in [6.45, 7) is 11.1. The smallest absolute Gasteiger partial charge is 0.0897 e. The minimum absolute atomic E-state index is 0.287. The van der Waals surface area contributed by atoms with E-state index in [-0.39, 0.29) is 6.04 Å². The summed E-state index contributed by atoms with van der Waals surface area (Å²) in [5.41, 5.74) is 0. The molecule has 1 aliphatic carbocycles. The van der Waals surface area contributed by atoms with E-state index in [1.807, 2.05) is 6.92 Å². The first-order valence-electron chi connectivity index (χ1n) is 8.63. The van der Waals surface area contributed by atoms with E-state index in [4.69, 9.17) is 9.47 Å². The highest BCUT2D eigenvalue weighted by Crippen LogP contribution is 2.25. The molecule has 4 nitrogen and oxygen atoms in total. The lowest BCUT2D eigenvalue weighted by Crippen LogP contribution is -2.43. The van der Waals surface area contributed by atoms with Crippen molar-refractivity contribution in [3.63, 3.8) is 0 Å². The number of aliphatic hydroxyl groups excluding tert-OH is 1. The topological polar surface area (TPSA) is 50.7 Å². The molecule has 21 heavy (non-hydrogen) atoms. The van der Waals surface area contributed by atoms with Gasteiger partial charge >= 0.3 is 0 Å². The van der Waals surface area contributed by atoms with Crippen LogP contribution in [0.15, 0.2) is 0 Å². The van der Waals surface area contributed by atoms with Crippen molar-refractivity contribution in [2.45, 2.75) is 71.6 Å². The highest BCUT2D eigenvalue weighted by molar-refractivity contribution is 4.74. The van der Waals surface area contributed by atoms with Crippen LogP contribution in [0.1, 0.15) is 53.4 Å². The Bertz CT molecular complexity index is 252. The largest absolute Gasteiger partial charge is 0.389 e. The van der Waals surface area contributed by atoms with Crippen molar-refractivity contribution in [3.8, 4) is 0 Å². The highest BCUT2D eigenvalue weighted by Gasteiger charge is 2.20. The second kappa shape index (κ2) is 10.5. The maximum Gasteiger partial charge on any atom is 0.0897 e. The summed E-state index contributed by atoms with van der Waals surface area (Å²) in [5.74, 6) is 1.33. The third-order valence-corrected chi connectivity index (χ3v) is 4.41. The molecule has 0 aromatic rings. The molecule has 2 unspecified atom stereocenters. The van der Waals surface area contributed by atoms with E-state index in [0.717, 1.165) is 25.4 Å². The molecule has 1 rings (SSSR count). The number of hydrogen-bond donors (Lipinski definition) is 2. The molecule has 0 saturated heterocycles. The SMILES string of the molecule is CCOCC(NCC(O)COC1CCC(C)CC1)C(C)C. The third-order valence-electron chi connectivity index (χ3n) is 4.41. The molecule has 126 valence electrons. The molecule has 0 amide bonds. The predicted molar refractivity (Wildman–Crippen MR) is 86.5 cm³/mol. The third kappa shape index (κ3) is 8.15. The zero-order valence-electron chi connectivity index (χ0n) is 14.3. The Kier molecular flexibility index (Phi) is 9.49. The van der Waals surface area contributed by atoms with Crippen LogP contribution in [0.5, 0.6) is 0 Å². The van der Waals surface area contributed by atoms with Gasteiger partial charge in [0, 0.05) is 19.2 Å². The Labute approximate surface area is 130 Å². The molecule has 0 spiro atoms. The molecule has 0 aliphatic heterocycles. The van der Waals surface area contributed by atoms with E-state index in [0.29, 0.717) is 31.8 Å². The predicted octanol–water partition coefficient (Wildman–Crippen LogP) is 2.59. The van der Waals surface area contributed by atoms with Crippen molar-refractivity contribution in [3.05, 3.63) is 0 Å². The molecule has 0 aromatic heterocycles. The maximum absolute atomic E-state index is 10.1. The minimum Gasteiger partial charge on any atom is -0.389 e. The number of rotatable bonds is 10. The van der Waals surface area contributed by atoms with Crippen LogP contribution in [0.25, 0.3) is 0 Å². The first kappa shape index (κ1) is 18.9. The van der Waals surface area contributed by atoms with Gasteiger partial charge in [-0.3, -0.25) is 0 Å². The highest BCUT2D eigenvalue weighted by atomic mass is 16.5. The molecule has 1 aliphatic rings. The summed E-state index contributed by atoms with van der Waals surface area (Å²) in [4.78, 5) is 0. The van der Waals surface area contributed by atoms with E-state index < -0.39 is 6.10 Å². The molecule has 0 radical (unpaired) electrons. The normalized spacial score (nSPS) is 26.0. The molecular formula is C17H35NO3. The van der Waals surface area contributed by atoms with Crippen molar-refractivity contribution in [2.75, 3.05) is 26.4 Å². The maximum atomic E-state index is 10.1. The Hall–Kier alpha value is -0.160. The summed E-state index contributed by atoms with van der Waals surface area (Å²) in [6.07, 6.45) is 4.69. The van der Waals surface area contributed by atoms with Gasteiger partial charge in [0.05, 0.1) is 25.4 Å². The fourth-order valence-corrected chi connectivity index (χ4v) is 2.72. The van der Waals surface area contributed by atoms with Crippen LogP contribution in [0.3, 0.4) is 0 Å². The lowest BCUT2D eigenvalue weighted by atomic mass is 9.89. The number of hydrogen-bond acceptors (Lipinski definition) is 4. The summed E-state index contributed by atoms with van der Waals surface area (Å²) in [6, 6.07) is 0.287. The lowest BCUT2D eigenvalue weighted by molar-refractivity contribution is -0.0296. The van der Waals surface area contributed by atoms with Gasteiger partial charge in [0.25, 0.3) is 0 Å². The Balaban J connectivity index is 2.15. The second-order valence-corrected chi connectivity index (χ2v) is 6.79. The van der Waals surface area contributed by atoms with Crippen LogP contribution < -0.4 is 5.32 Å². The van der Waals surface area contributed by atoms with E-state index in [1.165, 1.54) is 12.8 Å². The fourth-order valence-electron chi connectivity index (χ4n) is 2.72. The van der Waals surface area contributed by atoms with E-state index in [9.17, 15) is 5.11 Å². The molecule has 1 saturated carbocycles. The van der Waals surface area contributed by atoms with E-state index in [2.05, 4.69) is 26.1 Å². The first-order chi connectivity index (χ1) is 10.0. The molecular weight excluding hydrogens is 266 g/mol. The zero-order chi connectivity index (χ0) is 15.7.